The van der Waals surface area contributed by atoms with Crippen LogP contribution < -0.4 is 11.1 Å². The van der Waals surface area contributed by atoms with E-state index in [1.807, 2.05) is 6.92 Å². The zero-order chi connectivity index (χ0) is 12.6. The second kappa shape index (κ2) is 7.60. The highest BCUT2D eigenvalue weighted by atomic mass is 16.5. The summed E-state index contributed by atoms with van der Waals surface area (Å²) in [5, 5.41) is 12.5. The van der Waals surface area contributed by atoms with Gasteiger partial charge in [0, 0.05) is 26.7 Å². The number of methoxy groups -OCH3 is 1. The Morgan fingerprint density at radius 1 is 1.62 bits per heavy atom. The average Bonchev–Trinajstić information content (AvgIpc) is 2.23. The van der Waals surface area contributed by atoms with Gasteiger partial charge < -0.3 is 20.9 Å². The van der Waals surface area contributed by atoms with Gasteiger partial charge in [0.05, 0.1) is 11.6 Å². The maximum Gasteiger partial charge on any atom is 0.237 e. The van der Waals surface area contributed by atoms with E-state index in [1.165, 1.54) is 0 Å². The lowest BCUT2D eigenvalue weighted by molar-refractivity contribution is -0.123. The normalized spacial score (nSPS) is 16.6. The largest absolute Gasteiger partial charge is 0.388 e. The minimum atomic E-state index is -0.947. The molecule has 0 heterocycles. The third-order valence-electron chi connectivity index (χ3n) is 2.42. The molecule has 96 valence electrons. The van der Waals surface area contributed by atoms with Crippen molar-refractivity contribution in [2.75, 3.05) is 20.3 Å². The first-order valence-electron chi connectivity index (χ1n) is 5.67. The molecule has 4 N–H and O–H groups in total. The van der Waals surface area contributed by atoms with Gasteiger partial charge in [-0.1, -0.05) is 13.3 Å². The number of amides is 1. The predicted octanol–water partition coefficient (Wildman–Crippen LogP) is 0.0175. The van der Waals surface area contributed by atoms with Gasteiger partial charge in [0.15, 0.2) is 0 Å². The quantitative estimate of drug-likeness (QED) is 0.550. The lowest BCUT2D eigenvalue weighted by Crippen LogP contribution is -2.47. The zero-order valence-electron chi connectivity index (χ0n) is 10.5. The summed E-state index contributed by atoms with van der Waals surface area (Å²) in [6.45, 7) is 4.30. The number of carbonyl (C=O) groups is 1. The number of rotatable bonds is 8. The van der Waals surface area contributed by atoms with E-state index in [-0.39, 0.29) is 12.5 Å². The first-order chi connectivity index (χ1) is 7.43. The SMILES string of the molecule is CCC[C@H](N)C(=O)NCC(C)(O)CCOC. The molecule has 0 aromatic heterocycles. The van der Waals surface area contributed by atoms with Gasteiger partial charge in [0.2, 0.25) is 5.91 Å². The van der Waals surface area contributed by atoms with Crippen LogP contribution in [0.4, 0.5) is 0 Å². The van der Waals surface area contributed by atoms with E-state index in [1.54, 1.807) is 14.0 Å². The molecule has 2 atom stereocenters. The van der Waals surface area contributed by atoms with Crippen LogP contribution in [0, 0.1) is 0 Å². The minimum Gasteiger partial charge on any atom is -0.388 e. The maximum absolute atomic E-state index is 11.5. The van der Waals surface area contributed by atoms with Crippen molar-refractivity contribution in [2.45, 2.75) is 44.8 Å². The first kappa shape index (κ1) is 15.3. The third kappa shape index (κ3) is 6.76. The molecule has 5 nitrogen and oxygen atoms in total. The van der Waals surface area contributed by atoms with Gasteiger partial charge in [-0.25, -0.2) is 0 Å². The smallest absolute Gasteiger partial charge is 0.237 e. The van der Waals surface area contributed by atoms with Crippen molar-refractivity contribution in [3.63, 3.8) is 0 Å². The van der Waals surface area contributed by atoms with Crippen LogP contribution in [0.25, 0.3) is 0 Å². The summed E-state index contributed by atoms with van der Waals surface area (Å²) in [6, 6.07) is -0.483. The monoisotopic (exact) mass is 232 g/mol. The molecule has 5 heteroatoms. The number of hydrogen-bond donors (Lipinski definition) is 3. The third-order valence-corrected chi connectivity index (χ3v) is 2.42. The number of nitrogens with two attached hydrogens (primary N) is 1. The highest BCUT2D eigenvalue weighted by Crippen LogP contribution is 2.07. The molecule has 0 saturated heterocycles. The molecular weight excluding hydrogens is 208 g/mol. The first-order valence-corrected chi connectivity index (χ1v) is 5.67. The van der Waals surface area contributed by atoms with Gasteiger partial charge in [-0.15, -0.1) is 0 Å². The Morgan fingerprint density at radius 3 is 2.75 bits per heavy atom. The van der Waals surface area contributed by atoms with E-state index in [2.05, 4.69) is 5.32 Å². The van der Waals surface area contributed by atoms with Gasteiger partial charge in [-0.2, -0.15) is 0 Å². The summed E-state index contributed by atoms with van der Waals surface area (Å²) in [5.41, 5.74) is 4.69. The molecule has 0 rings (SSSR count). The molecule has 1 unspecified atom stereocenters. The number of aliphatic hydroxyl groups is 1. The van der Waals surface area contributed by atoms with Gasteiger partial charge >= 0.3 is 0 Å². The van der Waals surface area contributed by atoms with Gasteiger partial charge in [0.1, 0.15) is 0 Å². The zero-order valence-corrected chi connectivity index (χ0v) is 10.5. The van der Waals surface area contributed by atoms with Crippen molar-refractivity contribution in [1.82, 2.24) is 5.32 Å². The molecule has 0 saturated carbocycles. The van der Waals surface area contributed by atoms with Crippen molar-refractivity contribution in [2.24, 2.45) is 5.73 Å². The highest BCUT2D eigenvalue weighted by Gasteiger charge is 2.22. The Hall–Kier alpha value is -0.650. The number of hydrogen-bond acceptors (Lipinski definition) is 4. The fourth-order valence-electron chi connectivity index (χ4n) is 1.26. The summed E-state index contributed by atoms with van der Waals surface area (Å²) < 4.78 is 4.87. The Morgan fingerprint density at radius 2 is 2.25 bits per heavy atom. The summed E-state index contributed by atoms with van der Waals surface area (Å²) in [7, 11) is 1.58. The van der Waals surface area contributed by atoms with Crippen LogP contribution in [0.5, 0.6) is 0 Å². The summed E-state index contributed by atoms with van der Waals surface area (Å²) in [6.07, 6.45) is 2.01. The molecule has 0 radical (unpaired) electrons. The maximum atomic E-state index is 11.5. The van der Waals surface area contributed by atoms with E-state index >= 15 is 0 Å². The van der Waals surface area contributed by atoms with Crippen LogP contribution >= 0.6 is 0 Å². The van der Waals surface area contributed by atoms with Crippen LogP contribution in [0.1, 0.15) is 33.1 Å². The predicted molar refractivity (Wildman–Crippen MR) is 63.0 cm³/mol. The van der Waals surface area contributed by atoms with Gasteiger partial charge in [-0.3, -0.25) is 4.79 Å². The molecule has 0 fully saturated rings. The van der Waals surface area contributed by atoms with Crippen molar-refractivity contribution in [1.29, 1.82) is 0 Å². The summed E-state index contributed by atoms with van der Waals surface area (Å²) >= 11 is 0. The molecule has 0 aromatic carbocycles. The lowest BCUT2D eigenvalue weighted by Gasteiger charge is -2.24. The Labute approximate surface area is 97.3 Å². The van der Waals surface area contributed by atoms with Gasteiger partial charge in [-0.05, 0) is 13.3 Å². The lowest BCUT2D eigenvalue weighted by atomic mass is 10.0. The standard InChI is InChI=1S/C11H24N2O3/c1-4-5-9(12)10(14)13-8-11(2,15)6-7-16-3/h9,15H,4-8,12H2,1-3H3,(H,13,14)/t9-,11?/m0/s1. The molecule has 16 heavy (non-hydrogen) atoms. The number of carbonyl (C=O) groups excluding carboxylic acids is 1. The minimum absolute atomic E-state index is 0.201. The van der Waals surface area contributed by atoms with Crippen LogP contribution in [0.2, 0.25) is 0 Å². The Bertz CT molecular complexity index is 207. The molecule has 0 aromatic rings. The number of ether oxygens (including phenoxy) is 1. The molecular formula is C11H24N2O3. The van der Waals surface area contributed by atoms with Crippen molar-refractivity contribution >= 4 is 5.91 Å². The Kier molecular flexibility index (Phi) is 7.29. The van der Waals surface area contributed by atoms with Crippen molar-refractivity contribution < 1.29 is 14.6 Å². The van der Waals surface area contributed by atoms with Gasteiger partial charge in [0.25, 0.3) is 0 Å². The van der Waals surface area contributed by atoms with Crippen LogP contribution in [-0.4, -0.2) is 42.9 Å². The van der Waals surface area contributed by atoms with Crippen molar-refractivity contribution in [3.8, 4) is 0 Å². The topological polar surface area (TPSA) is 84.6 Å². The van der Waals surface area contributed by atoms with Crippen LogP contribution in [0.15, 0.2) is 0 Å². The van der Waals surface area contributed by atoms with Crippen molar-refractivity contribution in [3.05, 3.63) is 0 Å². The summed E-state index contributed by atoms with van der Waals surface area (Å²) in [5.74, 6) is -0.209. The fourth-order valence-corrected chi connectivity index (χ4v) is 1.26. The second-order valence-corrected chi connectivity index (χ2v) is 4.35. The fraction of sp³-hybridized carbons (Fsp3) is 0.909. The average molecular weight is 232 g/mol. The molecule has 0 aliphatic rings. The molecule has 0 spiro atoms. The van der Waals surface area contributed by atoms with E-state index in [0.717, 1.165) is 6.42 Å². The summed E-state index contributed by atoms with van der Waals surface area (Å²) in [4.78, 5) is 11.5. The van der Waals surface area contributed by atoms with Crippen LogP contribution in [0.3, 0.4) is 0 Å². The second-order valence-electron chi connectivity index (χ2n) is 4.35. The molecule has 1 amide bonds. The molecule has 0 aliphatic carbocycles. The molecule has 0 bridgehead atoms. The van der Waals surface area contributed by atoms with E-state index < -0.39 is 11.6 Å². The highest BCUT2D eigenvalue weighted by molar-refractivity contribution is 5.81. The molecule has 0 aliphatic heterocycles. The van der Waals surface area contributed by atoms with E-state index in [9.17, 15) is 9.90 Å². The van der Waals surface area contributed by atoms with Crippen LogP contribution in [-0.2, 0) is 9.53 Å². The van der Waals surface area contributed by atoms with E-state index in [0.29, 0.717) is 19.4 Å². The van der Waals surface area contributed by atoms with E-state index in [4.69, 9.17) is 10.5 Å². The Balaban J connectivity index is 3.89. The number of nitrogens with one attached hydrogen (secondary N) is 1.